The first-order valence-electron chi connectivity index (χ1n) is 16.5. The Hall–Kier alpha value is -6.18. The van der Waals surface area contributed by atoms with E-state index in [9.17, 15) is 0 Å². The highest BCUT2D eigenvalue weighted by Gasteiger charge is 2.21. The van der Waals surface area contributed by atoms with Gasteiger partial charge >= 0.3 is 0 Å². The van der Waals surface area contributed by atoms with Crippen molar-refractivity contribution in [2.24, 2.45) is 0 Å². The summed E-state index contributed by atoms with van der Waals surface area (Å²) < 4.78 is 6.65. The SMILES string of the molecule is C=Cc1c(/C=C\C)oc2c(-c3cccc(-c4c5ccccc5c(-c5cccc6ccccc56)c5ccccc45)c3)c3ccccc3cc12. The molecule has 0 atom stereocenters. The third kappa shape index (κ3) is 4.25. The Kier molecular flexibility index (Phi) is 6.59. The van der Waals surface area contributed by atoms with Gasteiger partial charge in [-0.25, -0.2) is 0 Å². The second-order valence-corrected chi connectivity index (χ2v) is 12.4. The first-order valence-corrected chi connectivity index (χ1v) is 16.5. The van der Waals surface area contributed by atoms with E-state index in [-0.39, 0.29) is 0 Å². The largest absolute Gasteiger partial charge is 0.455 e. The van der Waals surface area contributed by atoms with E-state index in [4.69, 9.17) is 4.42 Å². The van der Waals surface area contributed by atoms with Gasteiger partial charge in [0.1, 0.15) is 11.3 Å². The maximum atomic E-state index is 6.65. The van der Waals surface area contributed by atoms with Gasteiger partial charge in [-0.3, -0.25) is 0 Å². The van der Waals surface area contributed by atoms with Crippen molar-refractivity contribution in [2.45, 2.75) is 6.92 Å². The first kappa shape index (κ1) is 28.1. The molecule has 0 saturated heterocycles. The first-order chi connectivity index (χ1) is 23.7. The van der Waals surface area contributed by atoms with E-state index < -0.39 is 0 Å². The van der Waals surface area contributed by atoms with E-state index in [0.717, 1.165) is 33.4 Å². The Morgan fingerprint density at radius 3 is 1.69 bits per heavy atom. The van der Waals surface area contributed by atoms with Crippen molar-refractivity contribution in [1.82, 2.24) is 0 Å². The molecule has 9 rings (SSSR count). The summed E-state index contributed by atoms with van der Waals surface area (Å²) in [5.41, 5.74) is 9.08. The van der Waals surface area contributed by atoms with E-state index in [1.165, 1.54) is 65.3 Å². The topological polar surface area (TPSA) is 13.1 Å². The van der Waals surface area contributed by atoms with E-state index >= 15 is 0 Å². The lowest BCUT2D eigenvalue weighted by atomic mass is 9.84. The average Bonchev–Trinajstić information content (AvgIpc) is 3.49. The smallest absolute Gasteiger partial charge is 0.143 e. The summed E-state index contributed by atoms with van der Waals surface area (Å²) in [5.74, 6) is 0.830. The molecule has 0 aliphatic heterocycles. The molecule has 0 bridgehead atoms. The van der Waals surface area contributed by atoms with E-state index in [1.54, 1.807) is 0 Å². The number of benzene rings is 8. The fourth-order valence-corrected chi connectivity index (χ4v) is 7.71. The van der Waals surface area contributed by atoms with Crippen LogP contribution in [0.3, 0.4) is 0 Å². The molecule has 1 heterocycles. The summed E-state index contributed by atoms with van der Waals surface area (Å²) >= 11 is 0. The third-order valence-electron chi connectivity index (χ3n) is 9.72. The lowest BCUT2D eigenvalue weighted by Crippen LogP contribution is -1.92. The highest BCUT2D eigenvalue weighted by atomic mass is 16.3. The molecule has 0 radical (unpaired) electrons. The Morgan fingerprint density at radius 1 is 0.479 bits per heavy atom. The molecule has 0 aliphatic rings. The Balaban J connectivity index is 1.36. The molecule has 0 spiro atoms. The third-order valence-corrected chi connectivity index (χ3v) is 9.72. The minimum absolute atomic E-state index is 0.830. The predicted octanol–water partition coefficient (Wildman–Crippen LogP) is 13.7. The van der Waals surface area contributed by atoms with Gasteiger partial charge in [0.15, 0.2) is 0 Å². The van der Waals surface area contributed by atoms with Gasteiger partial charge in [-0.2, -0.15) is 0 Å². The number of hydrogen-bond donors (Lipinski definition) is 0. The molecule has 0 saturated carbocycles. The summed E-state index contributed by atoms with van der Waals surface area (Å²) in [6, 6.07) is 52.9. The zero-order valence-corrected chi connectivity index (χ0v) is 26.7. The van der Waals surface area contributed by atoms with Gasteiger partial charge in [0.25, 0.3) is 0 Å². The standard InChI is InChI=1S/C47H32O/c1-3-15-43-34(4-2)42-29-31-17-6-8-22-36(31)45(47(42)48-43)33-20-13-19-32(28-33)44-38-23-9-11-25-40(38)46(41-26-12-10-24-39(41)44)37-27-14-18-30-16-5-7-21-35(30)37/h3-29H,2H2,1H3/b15-3-. The molecule has 0 unspecified atom stereocenters. The molecule has 1 aromatic heterocycles. The van der Waals surface area contributed by atoms with E-state index in [1.807, 2.05) is 25.2 Å². The van der Waals surface area contributed by atoms with Crippen molar-refractivity contribution in [2.75, 3.05) is 0 Å². The molecule has 0 amide bonds. The monoisotopic (exact) mass is 612 g/mol. The molecule has 1 nitrogen and oxygen atoms in total. The normalized spacial score (nSPS) is 11.9. The van der Waals surface area contributed by atoms with Gasteiger partial charge in [-0.15, -0.1) is 0 Å². The quantitative estimate of drug-likeness (QED) is 0.176. The van der Waals surface area contributed by atoms with Crippen LogP contribution in [0.5, 0.6) is 0 Å². The van der Waals surface area contributed by atoms with Crippen LogP contribution in [0.15, 0.2) is 163 Å². The fraction of sp³-hybridized carbons (Fsp3) is 0.0213. The van der Waals surface area contributed by atoms with Crippen LogP contribution in [0.1, 0.15) is 18.2 Å². The lowest BCUT2D eigenvalue weighted by Gasteiger charge is -2.19. The molecule has 9 aromatic rings. The zero-order valence-electron chi connectivity index (χ0n) is 26.7. The molecular weight excluding hydrogens is 581 g/mol. The fourth-order valence-electron chi connectivity index (χ4n) is 7.71. The van der Waals surface area contributed by atoms with Crippen LogP contribution in [0.2, 0.25) is 0 Å². The van der Waals surface area contributed by atoms with Crippen molar-refractivity contribution < 1.29 is 4.42 Å². The molecule has 48 heavy (non-hydrogen) atoms. The van der Waals surface area contributed by atoms with E-state index in [2.05, 4.69) is 152 Å². The second-order valence-electron chi connectivity index (χ2n) is 12.4. The predicted molar refractivity (Wildman–Crippen MR) is 207 cm³/mol. The van der Waals surface area contributed by atoms with Crippen LogP contribution in [0.4, 0.5) is 0 Å². The summed E-state index contributed by atoms with van der Waals surface area (Å²) in [4.78, 5) is 0. The second kappa shape index (κ2) is 11.3. The van der Waals surface area contributed by atoms with Crippen molar-refractivity contribution >= 4 is 66.2 Å². The maximum Gasteiger partial charge on any atom is 0.143 e. The number of rotatable bonds is 5. The number of allylic oxidation sites excluding steroid dienone is 1. The van der Waals surface area contributed by atoms with Gasteiger partial charge in [-0.05, 0) is 96.0 Å². The van der Waals surface area contributed by atoms with Crippen molar-refractivity contribution in [3.05, 3.63) is 170 Å². The summed E-state index contributed by atoms with van der Waals surface area (Å²) in [5, 5.41) is 10.9. The maximum absolute atomic E-state index is 6.65. The van der Waals surface area contributed by atoms with Crippen LogP contribution < -0.4 is 0 Å². The molecular formula is C47H32O. The van der Waals surface area contributed by atoms with Crippen LogP contribution in [0, 0.1) is 0 Å². The van der Waals surface area contributed by atoms with Gasteiger partial charge in [-0.1, -0.05) is 152 Å². The summed E-state index contributed by atoms with van der Waals surface area (Å²) in [6.45, 7) is 6.16. The average molecular weight is 613 g/mol. The van der Waals surface area contributed by atoms with Gasteiger partial charge in [0.05, 0.1) is 0 Å². The van der Waals surface area contributed by atoms with Crippen molar-refractivity contribution in [3.63, 3.8) is 0 Å². The minimum atomic E-state index is 0.830. The Bertz CT molecular complexity index is 2690. The highest BCUT2D eigenvalue weighted by molar-refractivity contribution is 6.24. The van der Waals surface area contributed by atoms with Gasteiger partial charge < -0.3 is 4.42 Å². The summed E-state index contributed by atoms with van der Waals surface area (Å²) in [6.07, 6.45) is 5.95. The van der Waals surface area contributed by atoms with Crippen LogP contribution in [-0.2, 0) is 0 Å². The Morgan fingerprint density at radius 2 is 1.02 bits per heavy atom. The van der Waals surface area contributed by atoms with Gasteiger partial charge in [0.2, 0.25) is 0 Å². The van der Waals surface area contributed by atoms with Crippen LogP contribution >= 0.6 is 0 Å². The lowest BCUT2D eigenvalue weighted by molar-refractivity contribution is 0.604. The Labute approximate surface area is 279 Å². The minimum Gasteiger partial charge on any atom is -0.455 e. The van der Waals surface area contributed by atoms with E-state index in [0.29, 0.717) is 0 Å². The number of furan rings is 1. The van der Waals surface area contributed by atoms with Crippen molar-refractivity contribution in [1.29, 1.82) is 0 Å². The molecule has 8 aromatic carbocycles. The highest BCUT2D eigenvalue weighted by Crippen LogP contribution is 2.47. The molecule has 226 valence electrons. The van der Waals surface area contributed by atoms with Crippen molar-refractivity contribution in [3.8, 4) is 33.4 Å². The number of hydrogen-bond acceptors (Lipinski definition) is 1. The molecule has 0 aliphatic carbocycles. The number of fused-ring (bicyclic) bond motifs is 5. The van der Waals surface area contributed by atoms with Crippen LogP contribution in [0.25, 0.3) is 99.6 Å². The molecule has 1 heteroatoms. The zero-order chi connectivity index (χ0) is 32.2. The van der Waals surface area contributed by atoms with Gasteiger partial charge in [0, 0.05) is 16.5 Å². The molecule has 0 N–H and O–H groups in total. The summed E-state index contributed by atoms with van der Waals surface area (Å²) in [7, 11) is 0. The van der Waals surface area contributed by atoms with Crippen LogP contribution in [-0.4, -0.2) is 0 Å². The molecule has 0 fully saturated rings.